The van der Waals surface area contributed by atoms with Crippen LogP contribution in [0.25, 0.3) is 0 Å². The van der Waals surface area contributed by atoms with Gasteiger partial charge >= 0.3 is 11.9 Å². The van der Waals surface area contributed by atoms with Crippen molar-refractivity contribution in [2.75, 3.05) is 24.1 Å². The highest BCUT2D eigenvalue weighted by atomic mass is 32.2. The summed E-state index contributed by atoms with van der Waals surface area (Å²) in [7, 11) is 0.187. The van der Waals surface area contributed by atoms with Gasteiger partial charge in [-0.25, -0.2) is 9.59 Å². The summed E-state index contributed by atoms with van der Waals surface area (Å²) in [5.74, 6) is 1.90. The first-order chi connectivity index (χ1) is 7.59. The van der Waals surface area contributed by atoms with Gasteiger partial charge in [-0.1, -0.05) is 6.58 Å². The lowest BCUT2D eigenvalue weighted by atomic mass is 10.4. The molecule has 0 saturated carbocycles. The van der Waals surface area contributed by atoms with Crippen molar-refractivity contribution in [3.8, 4) is 0 Å². The Labute approximate surface area is 98.3 Å². The molecule has 1 rings (SSSR count). The average Bonchev–Trinajstić information content (AvgIpc) is 2.70. The lowest BCUT2D eigenvalue weighted by molar-refractivity contribution is -0.162. The second kappa shape index (κ2) is 6.58. The van der Waals surface area contributed by atoms with Crippen LogP contribution in [0.2, 0.25) is 0 Å². The Hall–Kier alpha value is -0.970. The third-order valence-corrected chi connectivity index (χ3v) is 4.57. The molecule has 90 valence electrons. The van der Waals surface area contributed by atoms with Crippen molar-refractivity contribution >= 4 is 22.8 Å². The van der Waals surface area contributed by atoms with Crippen LogP contribution in [0.4, 0.5) is 0 Å². The molecule has 0 spiro atoms. The monoisotopic (exact) mass is 245 g/mol. The van der Waals surface area contributed by atoms with E-state index in [0.717, 1.165) is 11.5 Å². The summed E-state index contributed by atoms with van der Waals surface area (Å²) in [4.78, 5) is 22.3. The summed E-state index contributed by atoms with van der Waals surface area (Å²) in [6.07, 6.45) is 2.42. The van der Waals surface area contributed by atoms with Crippen LogP contribution in [0.3, 0.4) is 0 Å². The van der Waals surface area contributed by atoms with Crippen LogP contribution in [0.5, 0.6) is 0 Å². The molecule has 1 aliphatic heterocycles. The summed E-state index contributed by atoms with van der Waals surface area (Å²) in [5, 5.41) is 0. The molecule has 1 heterocycles. The standard InChI is InChI=1S/C11H17O4S/c1-9(2)11(13)15-8-14-10(12)7-16-5-3-4-6-16/h1,3-8H2,2H3/q+1. The fourth-order valence-electron chi connectivity index (χ4n) is 1.34. The minimum absolute atomic E-state index is 0.187. The van der Waals surface area contributed by atoms with E-state index in [-0.39, 0.29) is 23.7 Å². The van der Waals surface area contributed by atoms with Crippen molar-refractivity contribution in [3.63, 3.8) is 0 Å². The van der Waals surface area contributed by atoms with Crippen LogP contribution in [-0.2, 0) is 30.0 Å². The van der Waals surface area contributed by atoms with Crippen LogP contribution in [0.1, 0.15) is 19.8 Å². The molecular formula is C11H17O4S+. The van der Waals surface area contributed by atoms with E-state index in [0.29, 0.717) is 11.3 Å². The Kier molecular flexibility index (Phi) is 5.38. The number of hydrogen-bond acceptors (Lipinski definition) is 4. The molecule has 0 bridgehead atoms. The molecule has 0 aromatic carbocycles. The smallest absolute Gasteiger partial charge is 0.359 e. The van der Waals surface area contributed by atoms with Gasteiger partial charge in [-0.15, -0.1) is 0 Å². The Morgan fingerprint density at radius 2 is 1.88 bits per heavy atom. The van der Waals surface area contributed by atoms with Crippen molar-refractivity contribution in [1.82, 2.24) is 0 Å². The Morgan fingerprint density at radius 1 is 1.25 bits per heavy atom. The number of carbonyl (C=O) groups is 2. The van der Waals surface area contributed by atoms with Crippen LogP contribution in [-0.4, -0.2) is 36.0 Å². The lowest BCUT2D eigenvalue weighted by Crippen LogP contribution is -2.22. The molecule has 0 aliphatic carbocycles. The lowest BCUT2D eigenvalue weighted by Gasteiger charge is -2.05. The van der Waals surface area contributed by atoms with Gasteiger partial charge in [0.2, 0.25) is 12.5 Å². The number of ether oxygens (including phenoxy) is 2. The quantitative estimate of drug-likeness (QED) is 0.314. The second-order valence-corrected chi connectivity index (χ2v) is 6.05. The molecule has 5 heteroatoms. The van der Waals surface area contributed by atoms with Gasteiger partial charge in [0.1, 0.15) is 11.5 Å². The van der Waals surface area contributed by atoms with Crippen LogP contribution in [0, 0.1) is 0 Å². The van der Waals surface area contributed by atoms with E-state index < -0.39 is 5.97 Å². The molecule has 1 aliphatic rings. The highest BCUT2D eigenvalue weighted by Crippen LogP contribution is 2.13. The highest BCUT2D eigenvalue weighted by molar-refractivity contribution is 7.97. The van der Waals surface area contributed by atoms with Crippen LogP contribution in [0.15, 0.2) is 12.2 Å². The molecular weight excluding hydrogens is 228 g/mol. The van der Waals surface area contributed by atoms with Crippen LogP contribution >= 0.6 is 0 Å². The largest absolute Gasteiger partial charge is 0.425 e. The van der Waals surface area contributed by atoms with E-state index in [2.05, 4.69) is 11.3 Å². The van der Waals surface area contributed by atoms with Crippen molar-refractivity contribution < 1.29 is 19.1 Å². The molecule has 1 fully saturated rings. The minimum Gasteiger partial charge on any atom is -0.425 e. The third-order valence-electron chi connectivity index (χ3n) is 2.20. The molecule has 0 radical (unpaired) electrons. The summed E-state index contributed by atoms with van der Waals surface area (Å²) in [5.41, 5.74) is 0.300. The molecule has 1 saturated heterocycles. The fourth-order valence-corrected chi connectivity index (χ4v) is 3.47. The maximum absolute atomic E-state index is 11.3. The van der Waals surface area contributed by atoms with Gasteiger partial charge in [-0.3, -0.25) is 0 Å². The first-order valence-electron chi connectivity index (χ1n) is 5.22. The SMILES string of the molecule is C=C(C)C(=O)OCOC(=O)C[S+]1CCCC1. The summed E-state index contributed by atoms with van der Waals surface area (Å²) in [6, 6.07) is 0. The Bertz CT molecular complexity index is 282. The van der Waals surface area contributed by atoms with E-state index in [1.54, 1.807) is 6.92 Å². The molecule has 0 atom stereocenters. The first-order valence-corrected chi connectivity index (χ1v) is 6.95. The zero-order valence-electron chi connectivity index (χ0n) is 9.49. The first kappa shape index (κ1) is 13.1. The maximum Gasteiger partial charge on any atom is 0.359 e. The average molecular weight is 245 g/mol. The number of carbonyl (C=O) groups excluding carboxylic acids is 2. The topological polar surface area (TPSA) is 52.6 Å². The summed E-state index contributed by atoms with van der Waals surface area (Å²) in [6.45, 7) is 4.66. The van der Waals surface area contributed by atoms with Gasteiger partial charge in [-0.05, 0) is 30.7 Å². The molecule has 0 unspecified atom stereocenters. The predicted octanol–water partition coefficient (Wildman–Crippen LogP) is 1.02. The number of hydrogen-bond donors (Lipinski definition) is 0. The summed E-state index contributed by atoms with van der Waals surface area (Å²) >= 11 is 0. The highest BCUT2D eigenvalue weighted by Gasteiger charge is 2.27. The van der Waals surface area contributed by atoms with Crippen molar-refractivity contribution in [3.05, 3.63) is 12.2 Å². The number of rotatable bonds is 5. The minimum atomic E-state index is -0.531. The Morgan fingerprint density at radius 3 is 2.44 bits per heavy atom. The zero-order valence-corrected chi connectivity index (χ0v) is 10.3. The van der Waals surface area contributed by atoms with Crippen molar-refractivity contribution in [2.45, 2.75) is 19.8 Å². The Balaban J connectivity index is 2.10. The molecule has 16 heavy (non-hydrogen) atoms. The molecule has 0 amide bonds. The van der Waals surface area contributed by atoms with Gasteiger partial charge in [0.25, 0.3) is 0 Å². The number of esters is 2. The molecule has 0 aromatic heterocycles. The predicted molar refractivity (Wildman–Crippen MR) is 63.1 cm³/mol. The van der Waals surface area contributed by atoms with E-state index >= 15 is 0 Å². The van der Waals surface area contributed by atoms with Crippen molar-refractivity contribution in [1.29, 1.82) is 0 Å². The fraction of sp³-hybridized carbons (Fsp3) is 0.636. The summed E-state index contributed by atoms with van der Waals surface area (Å²) < 4.78 is 9.47. The maximum atomic E-state index is 11.3. The van der Waals surface area contributed by atoms with Gasteiger partial charge in [0, 0.05) is 5.57 Å². The molecule has 0 N–H and O–H groups in total. The van der Waals surface area contributed by atoms with Crippen LogP contribution < -0.4 is 0 Å². The van der Waals surface area contributed by atoms with E-state index in [9.17, 15) is 9.59 Å². The van der Waals surface area contributed by atoms with E-state index in [1.807, 2.05) is 0 Å². The molecule has 4 nitrogen and oxygen atoms in total. The third kappa shape index (κ3) is 4.70. The van der Waals surface area contributed by atoms with E-state index in [1.165, 1.54) is 12.8 Å². The zero-order chi connectivity index (χ0) is 12.0. The normalized spacial score (nSPS) is 15.8. The van der Waals surface area contributed by atoms with Gasteiger partial charge < -0.3 is 9.47 Å². The second-order valence-electron chi connectivity index (χ2n) is 3.72. The molecule has 0 aromatic rings. The van der Waals surface area contributed by atoms with Crippen molar-refractivity contribution in [2.24, 2.45) is 0 Å². The van der Waals surface area contributed by atoms with Gasteiger partial charge in [0.15, 0.2) is 0 Å². The van der Waals surface area contributed by atoms with E-state index in [4.69, 9.17) is 4.74 Å². The van der Waals surface area contributed by atoms with Gasteiger partial charge in [-0.2, -0.15) is 0 Å². The van der Waals surface area contributed by atoms with Gasteiger partial charge in [0.05, 0.1) is 0 Å².